The lowest BCUT2D eigenvalue weighted by atomic mass is 10.1. The Balaban J connectivity index is 1.66. The van der Waals surface area contributed by atoms with Crippen molar-refractivity contribution in [2.24, 2.45) is 0 Å². The molecule has 0 aliphatic heterocycles. The van der Waals surface area contributed by atoms with Crippen molar-refractivity contribution in [3.8, 4) is 11.1 Å². The predicted octanol–water partition coefficient (Wildman–Crippen LogP) is 3.72. The molecule has 0 saturated carbocycles. The van der Waals surface area contributed by atoms with Gasteiger partial charge in [0, 0.05) is 17.8 Å². The number of amides is 1. The first-order valence-electron chi connectivity index (χ1n) is 7.05. The van der Waals surface area contributed by atoms with E-state index in [4.69, 9.17) is 0 Å². The van der Waals surface area contributed by atoms with Crippen LogP contribution in [-0.2, 0) is 6.54 Å². The van der Waals surface area contributed by atoms with Gasteiger partial charge in [-0.05, 0) is 47.7 Å². The zero-order valence-corrected chi connectivity index (χ0v) is 14.1. The van der Waals surface area contributed by atoms with Crippen LogP contribution in [0, 0.1) is 13.8 Å². The van der Waals surface area contributed by atoms with Crippen molar-refractivity contribution in [1.82, 2.24) is 15.1 Å². The first kappa shape index (κ1) is 15.0. The Labute approximate surface area is 137 Å². The smallest absolute Gasteiger partial charge is 0.261 e. The molecule has 4 nitrogen and oxygen atoms in total. The Morgan fingerprint density at radius 2 is 2.18 bits per heavy atom. The summed E-state index contributed by atoms with van der Waals surface area (Å²) in [7, 11) is 0. The zero-order chi connectivity index (χ0) is 15.5. The molecule has 1 amide bonds. The Bertz CT molecular complexity index is 758. The Hall–Kier alpha value is -1.92. The van der Waals surface area contributed by atoms with Crippen LogP contribution in [-0.4, -0.2) is 22.2 Å². The molecule has 0 bridgehead atoms. The highest BCUT2D eigenvalue weighted by Crippen LogP contribution is 2.28. The van der Waals surface area contributed by atoms with Gasteiger partial charge in [0.05, 0.1) is 17.1 Å². The third-order valence-corrected chi connectivity index (χ3v) is 5.10. The molecule has 0 unspecified atom stereocenters. The van der Waals surface area contributed by atoms with E-state index < -0.39 is 0 Å². The fourth-order valence-corrected chi connectivity index (χ4v) is 3.80. The maximum Gasteiger partial charge on any atom is 0.261 e. The number of hydrogen-bond donors (Lipinski definition) is 1. The molecule has 0 atom stereocenters. The van der Waals surface area contributed by atoms with E-state index in [9.17, 15) is 4.79 Å². The van der Waals surface area contributed by atoms with Gasteiger partial charge in [0.25, 0.3) is 5.91 Å². The standard InChI is InChI=1S/C16H17N3OS2/c1-11-15(13-5-9-21-10-13)12(2)19(18-11)7-6-17-16(20)14-4-3-8-22-14/h3-5,8-10H,6-7H2,1-2H3,(H,17,20). The van der Waals surface area contributed by atoms with Crippen molar-refractivity contribution in [1.29, 1.82) is 0 Å². The van der Waals surface area contributed by atoms with E-state index in [-0.39, 0.29) is 5.91 Å². The fraction of sp³-hybridized carbons (Fsp3) is 0.250. The second-order valence-corrected chi connectivity index (χ2v) is 6.74. The van der Waals surface area contributed by atoms with Crippen LogP contribution in [0.3, 0.4) is 0 Å². The molecule has 0 aliphatic rings. The summed E-state index contributed by atoms with van der Waals surface area (Å²) in [5, 5.41) is 13.7. The number of rotatable bonds is 5. The molecule has 22 heavy (non-hydrogen) atoms. The van der Waals surface area contributed by atoms with Gasteiger partial charge in [0.15, 0.2) is 0 Å². The average molecular weight is 331 g/mol. The molecule has 1 N–H and O–H groups in total. The quantitative estimate of drug-likeness (QED) is 0.774. The molecule has 6 heteroatoms. The number of hydrogen-bond acceptors (Lipinski definition) is 4. The SMILES string of the molecule is Cc1nn(CCNC(=O)c2cccs2)c(C)c1-c1ccsc1. The summed E-state index contributed by atoms with van der Waals surface area (Å²) in [6.07, 6.45) is 0. The van der Waals surface area contributed by atoms with Crippen LogP contribution < -0.4 is 5.32 Å². The lowest BCUT2D eigenvalue weighted by Gasteiger charge is -2.06. The number of nitrogens with one attached hydrogen (secondary N) is 1. The summed E-state index contributed by atoms with van der Waals surface area (Å²) in [4.78, 5) is 12.7. The minimum Gasteiger partial charge on any atom is -0.349 e. The number of carbonyl (C=O) groups is 1. The van der Waals surface area contributed by atoms with Crippen LogP contribution in [0.4, 0.5) is 0 Å². The van der Waals surface area contributed by atoms with Gasteiger partial charge in [0.1, 0.15) is 0 Å². The highest BCUT2D eigenvalue weighted by Gasteiger charge is 2.14. The normalized spacial score (nSPS) is 10.8. The molecule has 0 fully saturated rings. The highest BCUT2D eigenvalue weighted by molar-refractivity contribution is 7.12. The molecule has 0 saturated heterocycles. The Morgan fingerprint density at radius 3 is 2.86 bits per heavy atom. The van der Waals surface area contributed by atoms with Crippen LogP contribution in [0.25, 0.3) is 11.1 Å². The van der Waals surface area contributed by atoms with Crippen LogP contribution in [0.5, 0.6) is 0 Å². The van der Waals surface area contributed by atoms with Gasteiger partial charge in [-0.25, -0.2) is 0 Å². The van der Waals surface area contributed by atoms with Gasteiger partial charge in [-0.2, -0.15) is 16.4 Å². The van der Waals surface area contributed by atoms with Crippen molar-refractivity contribution < 1.29 is 4.79 Å². The van der Waals surface area contributed by atoms with E-state index in [0.717, 1.165) is 16.3 Å². The summed E-state index contributed by atoms with van der Waals surface area (Å²) in [5.41, 5.74) is 4.58. The van der Waals surface area contributed by atoms with E-state index in [0.29, 0.717) is 13.1 Å². The molecule has 0 aromatic carbocycles. The summed E-state index contributed by atoms with van der Waals surface area (Å²) in [6, 6.07) is 5.83. The van der Waals surface area contributed by atoms with Gasteiger partial charge in [-0.1, -0.05) is 6.07 Å². The lowest BCUT2D eigenvalue weighted by molar-refractivity contribution is 0.0956. The van der Waals surface area contributed by atoms with E-state index in [2.05, 4.69) is 34.2 Å². The number of thiophene rings is 2. The number of nitrogens with zero attached hydrogens (tertiary/aromatic N) is 2. The minimum atomic E-state index is -0.0189. The summed E-state index contributed by atoms with van der Waals surface area (Å²) in [5.74, 6) is -0.0189. The van der Waals surface area contributed by atoms with Crippen LogP contribution >= 0.6 is 22.7 Å². The maximum atomic E-state index is 11.9. The maximum absolute atomic E-state index is 11.9. The van der Waals surface area contributed by atoms with Gasteiger partial charge < -0.3 is 5.32 Å². The van der Waals surface area contributed by atoms with Crippen LogP contribution in [0.1, 0.15) is 21.1 Å². The van der Waals surface area contributed by atoms with E-state index >= 15 is 0 Å². The molecule has 3 aromatic heterocycles. The molecule has 0 radical (unpaired) electrons. The molecular formula is C16H17N3OS2. The Kier molecular flexibility index (Phi) is 4.40. The largest absolute Gasteiger partial charge is 0.349 e. The van der Waals surface area contributed by atoms with Crippen LogP contribution in [0.15, 0.2) is 34.3 Å². The summed E-state index contributed by atoms with van der Waals surface area (Å²) in [6.45, 7) is 5.35. The monoisotopic (exact) mass is 331 g/mol. The second-order valence-electron chi connectivity index (χ2n) is 5.01. The van der Waals surface area contributed by atoms with Crippen LogP contribution in [0.2, 0.25) is 0 Å². The molecule has 3 aromatic rings. The molecule has 0 aliphatic carbocycles. The highest BCUT2D eigenvalue weighted by atomic mass is 32.1. The first-order chi connectivity index (χ1) is 10.7. The fourth-order valence-electron chi connectivity index (χ4n) is 2.51. The van der Waals surface area contributed by atoms with Crippen molar-refractivity contribution in [2.45, 2.75) is 20.4 Å². The molecular weight excluding hydrogens is 314 g/mol. The first-order valence-corrected chi connectivity index (χ1v) is 8.87. The van der Waals surface area contributed by atoms with E-state index in [1.807, 2.05) is 29.1 Å². The Morgan fingerprint density at radius 1 is 1.32 bits per heavy atom. The van der Waals surface area contributed by atoms with Gasteiger partial charge in [0.2, 0.25) is 0 Å². The van der Waals surface area contributed by atoms with Gasteiger partial charge in [-0.3, -0.25) is 9.48 Å². The molecule has 3 heterocycles. The van der Waals surface area contributed by atoms with Crippen molar-refractivity contribution in [3.63, 3.8) is 0 Å². The van der Waals surface area contributed by atoms with Gasteiger partial charge in [-0.15, -0.1) is 11.3 Å². The zero-order valence-electron chi connectivity index (χ0n) is 12.5. The predicted molar refractivity (Wildman–Crippen MR) is 91.7 cm³/mol. The van der Waals surface area contributed by atoms with Gasteiger partial charge >= 0.3 is 0 Å². The third-order valence-electron chi connectivity index (χ3n) is 3.55. The summed E-state index contributed by atoms with van der Waals surface area (Å²) >= 11 is 3.14. The van der Waals surface area contributed by atoms with Crippen molar-refractivity contribution >= 4 is 28.6 Å². The number of carbonyl (C=O) groups excluding carboxylic acids is 1. The lowest BCUT2D eigenvalue weighted by Crippen LogP contribution is -2.27. The topological polar surface area (TPSA) is 46.9 Å². The molecule has 3 rings (SSSR count). The van der Waals surface area contributed by atoms with E-state index in [1.54, 1.807) is 11.3 Å². The summed E-state index contributed by atoms with van der Waals surface area (Å²) < 4.78 is 1.97. The molecule has 114 valence electrons. The molecule has 0 spiro atoms. The van der Waals surface area contributed by atoms with E-state index in [1.165, 1.54) is 22.5 Å². The van der Waals surface area contributed by atoms with Crippen molar-refractivity contribution in [2.75, 3.05) is 6.54 Å². The number of aryl methyl sites for hydroxylation is 1. The third kappa shape index (κ3) is 2.98. The average Bonchev–Trinajstić information content (AvgIpc) is 3.22. The minimum absolute atomic E-state index is 0.0189. The van der Waals surface area contributed by atoms with Crippen molar-refractivity contribution in [3.05, 3.63) is 50.6 Å². The number of aromatic nitrogens is 2. The second kappa shape index (κ2) is 6.46.